The van der Waals surface area contributed by atoms with Gasteiger partial charge in [0.05, 0.1) is 0 Å². The van der Waals surface area contributed by atoms with E-state index in [1.807, 2.05) is 4.90 Å². The molecule has 3 heteroatoms. The molecule has 0 saturated carbocycles. The number of nitrogens with zero attached hydrogens (tertiary/aromatic N) is 1. The summed E-state index contributed by atoms with van der Waals surface area (Å²) in [4.78, 5) is 14.2. The van der Waals surface area contributed by atoms with E-state index in [0.717, 1.165) is 32.5 Å². The number of fused-ring (bicyclic) bond motifs is 1. The molecule has 1 amide bonds. The molecule has 1 heterocycles. The van der Waals surface area contributed by atoms with Crippen LogP contribution in [0.15, 0.2) is 42.5 Å². The van der Waals surface area contributed by atoms with Crippen LogP contribution in [0.3, 0.4) is 0 Å². The van der Waals surface area contributed by atoms with E-state index in [2.05, 4.69) is 54.7 Å². The molecule has 1 fully saturated rings. The van der Waals surface area contributed by atoms with Crippen LogP contribution in [0.1, 0.15) is 25.3 Å². The van der Waals surface area contributed by atoms with Crippen molar-refractivity contribution in [2.24, 2.45) is 0 Å². The smallest absolute Gasteiger partial charge is 0.222 e. The average molecular weight is 296 g/mol. The predicted octanol–water partition coefficient (Wildman–Crippen LogP) is 2.98. The minimum Gasteiger partial charge on any atom is -0.340 e. The second kappa shape index (κ2) is 6.93. The van der Waals surface area contributed by atoms with E-state index < -0.39 is 0 Å². The van der Waals surface area contributed by atoms with Crippen LogP contribution in [0.5, 0.6) is 0 Å². The summed E-state index contributed by atoms with van der Waals surface area (Å²) in [6.45, 7) is 4.74. The van der Waals surface area contributed by atoms with Crippen molar-refractivity contribution in [1.82, 2.24) is 10.2 Å². The highest BCUT2D eigenvalue weighted by Gasteiger charge is 2.19. The fourth-order valence-corrected chi connectivity index (χ4v) is 3.15. The van der Waals surface area contributed by atoms with Crippen molar-refractivity contribution in [3.8, 4) is 0 Å². The number of aryl methyl sites for hydroxylation is 1. The lowest BCUT2D eigenvalue weighted by molar-refractivity contribution is -0.132. The van der Waals surface area contributed by atoms with Crippen LogP contribution in [0.4, 0.5) is 0 Å². The molecule has 0 aliphatic carbocycles. The van der Waals surface area contributed by atoms with Gasteiger partial charge in [0, 0.05) is 32.1 Å². The minimum absolute atomic E-state index is 0.300. The molecule has 0 aromatic heterocycles. The van der Waals surface area contributed by atoms with E-state index in [4.69, 9.17) is 0 Å². The molecule has 0 spiro atoms. The Hall–Kier alpha value is -1.87. The average Bonchev–Trinajstić information content (AvgIpc) is 2.54. The van der Waals surface area contributed by atoms with Crippen LogP contribution < -0.4 is 5.32 Å². The van der Waals surface area contributed by atoms with Gasteiger partial charge in [0.2, 0.25) is 5.91 Å². The normalized spacial score (nSPS) is 18.6. The maximum absolute atomic E-state index is 12.2. The molecule has 1 saturated heterocycles. The summed E-state index contributed by atoms with van der Waals surface area (Å²) >= 11 is 0. The zero-order valence-corrected chi connectivity index (χ0v) is 13.2. The molecule has 2 aromatic carbocycles. The maximum Gasteiger partial charge on any atom is 0.222 e. The third kappa shape index (κ3) is 3.66. The van der Waals surface area contributed by atoms with E-state index in [-0.39, 0.29) is 0 Å². The minimum atomic E-state index is 0.300. The van der Waals surface area contributed by atoms with E-state index in [0.29, 0.717) is 18.4 Å². The molecule has 3 nitrogen and oxygen atoms in total. The first-order valence-electron chi connectivity index (χ1n) is 8.21. The number of carbonyl (C=O) groups excluding carboxylic acids is 1. The number of piperazine rings is 1. The first-order chi connectivity index (χ1) is 10.7. The third-order valence-corrected chi connectivity index (χ3v) is 4.39. The molecule has 1 atom stereocenters. The second-order valence-electron chi connectivity index (χ2n) is 6.23. The van der Waals surface area contributed by atoms with Gasteiger partial charge in [0.1, 0.15) is 0 Å². The van der Waals surface area contributed by atoms with E-state index in [1.165, 1.54) is 16.3 Å². The van der Waals surface area contributed by atoms with Crippen molar-refractivity contribution in [2.45, 2.75) is 32.2 Å². The van der Waals surface area contributed by atoms with Crippen LogP contribution in [-0.2, 0) is 11.2 Å². The number of carbonyl (C=O) groups is 1. The summed E-state index contributed by atoms with van der Waals surface area (Å²) < 4.78 is 0. The van der Waals surface area contributed by atoms with Crippen molar-refractivity contribution in [1.29, 1.82) is 0 Å². The number of rotatable bonds is 4. The van der Waals surface area contributed by atoms with Gasteiger partial charge >= 0.3 is 0 Å². The van der Waals surface area contributed by atoms with Crippen molar-refractivity contribution in [3.63, 3.8) is 0 Å². The summed E-state index contributed by atoms with van der Waals surface area (Å²) in [6, 6.07) is 15.4. The Kier molecular flexibility index (Phi) is 4.74. The number of nitrogens with one attached hydrogen (secondary N) is 1. The van der Waals surface area contributed by atoms with Crippen LogP contribution in [0.25, 0.3) is 10.8 Å². The standard InChI is InChI=1S/C19H24N2O/c1-15-14-21(12-11-20-15)19(22)8-4-5-16-9-10-17-6-2-3-7-18(17)13-16/h2-3,6-7,9-10,13,15,20H,4-5,8,11-12,14H2,1H3/t15-/m1/s1. The molecule has 3 rings (SSSR count). The van der Waals surface area contributed by atoms with Gasteiger partial charge in [-0.15, -0.1) is 0 Å². The van der Waals surface area contributed by atoms with Crippen LogP contribution in [0.2, 0.25) is 0 Å². The zero-order chi connectivity index (χ0) is 15.4. The number of hydrogen-bond donors (Lipinski definition) is 1. The highest BCUT2D eigenvalue weighted by molar-refractivity contribution is 5.83. The number of hydrogen-bond acceptors (Lipinski definition) is 2. The highest BCUT2D eigenvalue weighted by atomic mass is 16.2. The summed E-state index contributed by atoms with van der Waals surface area (Å²) in [6.07, 6.45) is 2.55. The van der Waals surface area contributed by atoms with Gasteiger partial charge in [-0.25, -0.2) is 0 Å². The lowest BCUT2D eigenvalue weighted by Gasteiger charge is -2.32. The van der Waals surface area contributed by atoms with Crippen LogP contribution in [0, 0.1) is 0 Å². The third-order valence-electron chi connectivity index (χ3n) is 4.39. The number of amides is 1. The molecule has 22 heavy (non-hydrogen) atoms. The van der Waals surface area contributed by atoms with Crippen LogP contribution >= 0.6 is 0 Å². The van der Waals surface area contributed by atoms with Gasteiger partial charge in [-0.2, -0.15) is 0 Å². The molecule has 2 aromatic rings. The molecule has 0 radical (unpaired) electrons. The predicted molar refractivity (Wildman–Crippen MR) is 90.9 cm³/mol. The highest BCUT2D eigenvalue weighted by Crippen LogP contribution is 2.17. The summed E-state index contributed by atoms with van der Waals surface area (Å²) in [5.74, 6) is 0.300. The van der Waals surface area contributed by atoms with Crippen molar-refractivity contribution in [2.75, 3.05) is 19.6 Å². The Bertz CT molecular complexity index is 653. The van der Waals surface area contributed by atoms with Crippen LogP contribution in [-0.4, -0.2) is 36.5 Å². The Morgan fingerprint density at radius 1 is 1.23 bits per heavy atom. The Morgan fingerprint density at radius 3 is 2.86 bits per heavy atom. The van der Waals surface area contributed by atoms with Gasteiger partial charge < -0.3 is 10.2 Å². The van der Waals surface area contributed by atoms with Gasteiger partial charge in [-0.3, -0.25) is 4.79 Å². The van der Waals surface area contributed by atoms with Gasteiger partial charge in [0.15, 0.2) is 0 Å². The summed E-state index contributed by atoms with van der Waals surface area (Å²) in [7, 11) is 0. The molecule has 1 N–H and O–H groups in total. The fourth-order valence-electron chi connectivity index (χ4n) is 3.15. The fraction of sp³-hybridized carbons (Fsp3) is 0.421. The van der Waals surface area contributed by atoms with E-state index in [9.17, 15) is 4.79 Å². The molecule has 0 bridgehead atoms. The van der Waals surface area contributed by atoms with Crippen molar-refractivity contribution < 1.29 is 4.79 Å². The zero-order valence-electron chi connectivity index (χ0n) is 13.2. The summed E-state index contributed by atoms with van der Waals surface area (Å²) in [5.41, 5.74) is 1.32. The first kappa shape index (κ1) is 15.0. The SMILES string of the molecule is C[C@@H]1CN(C(=O)CCCc2ccc3ccccc3c2)CCN1. The van der Waals surface area contributed by atoms with Crippen molar-refractivity contribution >= 4 is 16.7 Å². The Labute approximate surface area is 132 Å². The first-order valence-corrected chi connectivity index (χ1v) is 8.21. The van der Waals surface area contributed by atoms with E-state index in [1.54, 1.807) is 0 Å². The Morgan fingerprint density at radius 2 is 2.05 bits per heavy atom. The molecular formula is C19H24N2O. The number of benzene rings is 2. The van der Waals surface area contributed by atoms with E-state index >= 15 is 0 Å². The molecule has 116 valence electrons. The van der Waals surface area contributed by atoms with Gasteiger partial charge in [-0.1, -0.05) is 42.5 Å². The second-order valence-corrected chi connectivity index (χ2v) is 6.23. The monoisotopic (exact) mass is 296 g/mol. The largest absolute Gasteiger partial charge is 0.340 e. The lowest BCUT2D eigenvalue weighted by atomic mass is 10.0. The molecule has 1 aliphatic rings. The van der Waals surface area contributed by atoms with Gasteiger partial charge in [-0.05, 0) is 36.1 Å². The quantitative estimate of drug-likeness (QED) is 0.940. The maximum atomic E-state index is 12.2. The molecule has 0 unspecified atom stereocenters. The van der Waals surface area contributed by atoms with Crippen molar-refractivity contribution in [3.05, 3.63) is 48.0 Å². The Balaban J connectivity index is 1.52. The molecule has 1 aliphatic heterocycles. The molecular weight excluding hydrogens is 272 g/mol. The lowest BCUT2D eigenvalue weighted by Crippen LogP contribution is -2.51. The summed E-state index contributed by atoms with van der Waals surface area (Å²) in [5, 5.41) is 5.93. The topological polar surface area (TPSA) is 32.3 Å². The van der Waals surface area contributed by atoms with Gasteiger partial charge in [0.25, 0.3) is 0 Å².